The Morgan fingerprint density at radius 2 is 0.604 bits per heavy atom. The summed E-state index contributed by atoms with van der Waals surface area (Å²) in [4.78, 5) is 130. The van der Waals surface area contributed by atoms with E-state index >= 15 is 0 Å². The predicted molar refractivity (Wildman–Crippen MR) is 536 cm³/mol. The number of hydrogen-bond acceptors (Lipinski definition) is 36. The number of nitrogens with two attached hydrogens (primary N) is 1. The molecule has 8 heterocycles. The van der Waals surface area contributed by atoms with E-state index in [0.29, 0.717) is 88.9 Å². The standard InChI is InChI=1S/C26H37N7O3.C26H36N6O4.C24H32N6O4.C16H19N5O2.C10H19NO3.Na/c1-19-4-6-20(7-5-19)23-16-27-30-26(29-23)33-14-12-32(13-15-33)17-24(34)28-21-8-10-22(11-9-21)36-18-25(35)31(2)3;1-3-35-25(34)18-36-22-10-8-21(9-11-22)28-24(33)17-31-12-14-32(15-13-31)26-29-23(16-27-30-26)20-6-4-19(2)5-7-20;1-17-2-4-18(5-3-17)21-14-25-28-24(27-21)30-12-10-29(11-13-30)15-22(31)26-19-6-8-20(9-7-19)34-16-23(32)33;1-12-2-4-13(5-3-12)14-10-17-19-16(18-14)21-8-6-20(7-9-21)11-15(22)23;1-2-13-10(12)7-14-9-5-3-8(11)4-6-9;/h4-7,16,21-22H,8-15,17-18H2,1-3H3,(H,28,34);4-7,16,21-22H,3,8-15,17-18H2,1-2H3,(H,28,33);2-5,14,19-20H,6-13,15-16H2,1H3,(H,26,31)(H,32,33);2-5,10H,6-9,11H2,1H3,(H,22,23);8-9H,2-7,11H2,1H3;/q;;;;;+1/p-1. The normalized spacial score (nSPS) is 20.5. The van der Waals surface area contributed by atoms with Gasteiger partial charge in [0.2, 0.25) is 47.4 Å². The third kappa shape index (κ3) is 38.5. The van der Waals surface area contributed by atoms with Gasteiger partial charge in [-0.15, -0.1) is 20.4 Å². The van der Waals surface area contributed by atoms with E-state index in [0.717, 1.165) is 226 Å². The number of aliphatic carboxylic acids is 2. The number of esters is 2. The van der Waals surface area contributed by atoms with Crippen molar-refractivity contribution in [2.45, 2.75) is 193 Å². The number of aryl methyl sites for hydroxylation is 4. The number of carbonyl (C=O) groups excluding carboxylic acids is 7. The van der Waals surface area contributed by atoms with E-state index in [1.165, 1.54) is 27.2 Å². The number of piperazine rings is 4. The molecule has 41 nitrogen and oxygen atoms in total. The summed E-state index contributed by atoms with van der Waals surface area (Å²) in [5, 5.41) is 62.2. The van der Waals surface area contributed by atoms with Crippen LogP contribution in [0.2, 0.25) is 0 Å². The smallest absolute Gasteiger partial charge is 0.549 e. The van der Waals surface area contributed by atoms with E-state index in [9.17, 15) is 43.5 Å². The van der Waals surface area contributed by atoms with Gasteiger partial charge in [0, 0.05) is 172 Å². The van der Waals surface area contributed by atoms with Gasteiger partial charge in [0.25, 0.3) is 0 Å². The number of anilines is 4. The van der Waals surface area contributed by atoms with Crippen molar-refractivity contribution < 1.29 is 107 Å². The van der Waals surface area contributed by atoms with Gasteiger partial charge in [-0.3, -0.25) is 38.8 Å². The average molecular weight is 2000 g/mol. The number of carboxylic acid groups (broad SMARTS) is 2. The number of likely N-dealkylation sites (N-methyl/N-ethyl adjacent to an activating group) is 1. The summed E-state index contributed by atoms with van der Waals surface area (Å²) in [7, 11) is 3.46. The maximum atomic E-state index is 12.6. The Labute approximate surface area is 865 Å². The van der Waals surface area contributed by atoms with Crippen LogP contribution in [0.15, 0.2) is 122 Å². The number of benzene rings is 4. The third-order valence-corrected chi connectivity index (χ3v) is 26.4. The first-order valence-corrected chi connectivity index (χ1v) is 50.2. The second kappa shape index (κ2) is 59.2. The van der Waals surface area contributed by atoms with Crippen LogP contribution in [0.1, 0.15) is 139 Å². The molecule has 4 aromatic carbocycles. The van der Waals surface area contributed by atoms with Crippen molar-refractivity contribution in [2.75, 3.05) is 204 Å². The largest absolute Gasteiger partial charge is 1.00 e. The zero-order chi connectivity index (χ0) is 101. The van der Waals surface area contributed by atoms with Crippen LogP contribution in [-0.4, -0.2) is 371 Å². The number of ether oxygens (including phenoxy) is 6. The minimum Gasteiger partial charge on any atom is -0.549 e. The first-order chi connectivity index (χ1) is 69.2. The fourth-order valence-electron chi connectivity index (χ4n) is 17.9. The molecule has 0 unspecified atom stereocenters. The summed E-state index contributed by atoms with van der Waals surface area (Å²) in [5.41, 5.74) is 17.8. The molecule has 4 amide bonds. The van der Waals surface area contributed by atoms with E-state index in [1.54, 1.807) is 52.7 Å². The van der Waals surface area contributed by atoms with Gasteiger partial charge in [0.1, 0.15) is 26.4 Å². The Morgan fingerprint density at radius 3 is 0.847 bits per heavy atom. The average Bonchev–Trinajstić information content (AvgIpc) is 0.833. The molecule has 6 N–H and O–H groups in total. The molecule has 0 bridgehead atoms. The van der Waals surface area contributed by atoms with Crippen LogP contribution in [0.25, 0.3) is 45.0 Å². The molecule has 4 saturated carbocycles. The SMILES string of the molecule is CCOC(=O)COC1CCC(N)CC1.CCOC(=O)COC1CCC(NC(=O)CN2CCN(c3nncc(-c4ccc(C)cc4)n3)CC2)CC1.Cc1ccc(-c2cnnc(N3CCN(CC(=O)NC4CCC(OCC(=O)N(C)C)CC4)CC3)n2)cc1.Cc1ccc(-c2cnnc(N3CCN(CC(=O)NC4CCC(OCC(=O)O)CC4)CC3)n2)cc1.Cc1ccc(-c2cnnc(N3CCN(CC(=O)[O-])CC3)n2)cc1.[Na+]. The molecule has 4 aliphatic heterocycles. The molecular formula is C102H142N25NaO16. The van der Waals surface area contributed by atoms with Crippen LogP contribution in [0.5, 0.6) is 0 Å². The quantitative estimate of drug-likeness (QED) is 0.0291. The Bertz CT molecular complexity index is 5280. The van der Waals surface area contributed by atoms with Gasteiger partial charge in [-0.2, -0.15) is 20.4 Å². The minimum absolute atomic E-state index is 0. The summed E-state index contributed by atoms with van der Waals surface area (Å²) in [6.45, 7) is 25.3. The molecule has 772 valence electrons. The maximum Gasteiger partial charge on any atom is 1.00 e. The van der Waals surface area contributed by atoms with Gasteiger partial charge in [0.05, 0.1) is 111 Å². The Balaban J connectivity index is 0.000000176. The molecule has 4 aromatic heterocycles. The number of hydrogen-bond donors (Lipinski definition) is 5. The fraction of sp³-hybridized carbons (Fsp3) is 0.569. The topological polar surface area (TPSA) is 481 Å². The summed E-state index contributed by atoms with van der Waals surface area (Å²) in [5.74, 6) is -0.0153. The first-order valence-electron chi connectivity index (χ1n) is 50.2. The van der Waals surface area contributed by atoms with Crippen molar-refractivity contribution in [1.29, 1.82) is 0 Å². The Morgan fingerprint density at radius 1 is 0.361 bits per heavy atom. The zero-order valence-corrected chi connectivity index (χ0v) is 86.9. The molecule has 8 aliphatic rings. The number of rotatable bonds is 33. The molecule has 0 atom stereocenters. The van der Waals surface area contributed by atoms with Crippen LogP contribution in [-0.2, 0) is 66.8 Å². The molecule has 4 saturated heterocycles. The van der Waals surface area contributed by atoms with E-state index in [-0.39, 0.29) is 141 Å². The molecule has 16 rings (SSSR count). The molecular weight excluding hydrogens is 1850 g/mol. The molecule has 42 heteroatoms. The Kier molecular flexibility index (Phi) is 46.4. The van der Waals surface area contributed by atoms with E-state index in [1.807, 2.05) is 77.4 Å². The van der Waals surface area contributed by atoms with Crippen LogP contribution < -0.4 is 75.9 Å². The van der Waals surface area contributed by atoms with Gasteiger partial charge >= 0.3 is 47.5 Å². The predicted octanol–water partition coefficient (Wildman–Crippen LogP) is 2.53. The van der Waals surface area contributed by atoms with Gasteiger partial charge in [-0.05, 0) is 144 Å². The van der Waals surface area contributed by atoms with Crippen molar-refractivity contribution >= 4 is 71.3 Å². The van der Waals surface area contributed by atoms with Crippen LogP contribution in [0, 0.1) is 27.7 Å². The van der Waals surface area contributed by atoms with Crippen LogP contribution in [0.4, 0.5) is 23.8 Å². The molecule has 0 spiro atoms. The number of carboxylic acids is 2. The molecule has 0 radical (unpaired) electrons. The minimum atomic E-state index is -1.04. The first kappa shape index (κ1) is 113. The zero-order valence-electron chi connectivity index (χ0n) is 84.9. The van der Waals surface area contributed by atoms with Gasteiger partial charge in [0.15, 0.2) is 0 Å². The number of nitrogens with one attached hydrogen (secondary N) is 3. The van der Waals surface area contributed by atoms with Crippen molar-refractivity contribution in [1.82, 2.24) is 101 Å². The van der Waals surface area contributed by atoms with Gasteiger partial charge < -0.3 is 89.6 Å². The number of amides is 4. The van der Waals surface area contributed by atoms with Crippen molar-refractivity contribution in [3.8, 4) is 45.0 Å². The summed E-state index contributed by atoms with van der Waals surface area (Å²) >= 11 is 0. The Hall–Kier alpha value is -11.5. The summed E-state index contributed by atoms with van der Waals surface area (Å²) in [6.07, 6.45) is 20.9. The second-order valence-electron chi connectivity index (χ2n) is 37.7. The second-order valence-corrected chi connectivity index (χ2v) is 37.7. The van der Waals surface area contributed by atoms with Crippen LogP contribution >= 0.6 is 0 Å². The summed E-state index contributed by atoms with van der Waals surface area (Å²) in [6, 6.07) is 33.5. The van der Waals surface area contributed by atoms with Crippen molar-refractivity contribution in [3.05, 3.63) is 144 Å². The third-order valence-electron chi connectivity index (χ3n) is 26.4. The van der Waals surface area contributed by atoms with Crippen molar-refractivity contribution in [3.63, 3.8) is 0 Å². The number of nitrogens with zero attached hydrogens (tertiary/aromatic N) is 21. The number of carbonyl (C=O) groups is 8. The molecule has 144 heavy (non-hydrogen) atoms. The van der Waals surface area contributed by atoms with Crippen molar-refractivity contribution in [2.24, 2.45) is 5.73 Å². The summed E-state index contributed by atoms with van der Waals surface area (Å²) < 4.78 is 31.8. The maximum absolute atomic E-state index is 12.6. The number of aromatic nitrogens is 12. The monoisotopic (exact) mass is 2000 g/mol. The molecule has 4 aliphatic carbocycles. The van der Waals surface area contributed by atoms with E-state index < -0.39 is 11.9 Å². The van der Waals surface area contributed by atoms with E-state index in [2.05, 4.69) is 148 Å². The molecule has 8 fully saturated rings. The van der Waals surface area contributed by atoms with Crippen LogP contribution in [0.3, 0.4) is 0 Å². The molecule has 8 aromatic rings. The van der Waals surface area contributed by atoms with Gasteiger partial charge in [-0.1, -0.05) is 119 Å². The van der Waals surface area contributed by atoms with E-state index in [4.69, 9.17) is 54.2 Å². The van der Waals surface area contributed by atoms with Gasteiger partial charge in [-0.25, -0.2) is 34.3 Å². The fourth-order valence-corrected chi connectivity index (χ4v) is 17.9.